The molecule has 2 aliphatic carbocycles. The number of amides is 1. The van der Waals surface area contributed by atoms with Gasteiger partial charge < -0.3 is 15.5 Å². The van der Waals surface area contributed by atoms with E-state index in [2.05, 4.69) is 5.32 Å². The van der Waals surface area contributed by atoms with Gasteiger partial charge in [0.1, 0.15) is 0 Å². The normalized spacial score (nSPS) is 28.8. The third-order valence-corrected chi connectivity index (χ3v) is 4.99. The molecule has 3 N–H and O–H groups in total. The minimum atomic E-state index is -0.808. The Kier molecular flexibility index (Phi) is 5.62. The zero-order valence-electron chi connectivity index (χ0n) is 12.6. The molecule has 2 aliphatic rings. The molecule has 0 saturated heterocycles. The van der Waals surface area contributed by atoms with Gasteiger partial charge in [-0.25, -0.2) is 0 Å². The first-order chi connectivity index (χ1) is 9.99. The van der Waals surface area contributed by atoms with E-state index in [4.69, 9.17) is 5.11 Å². The van der Waals surface area contributed by atoms with Gasteiger partial charge in [-0.2, -0.15) is 0 Å². The van der Waals surface area contributed by atoms with Crippen molar-refractivity contribution in [1.82, 2.24) is 5.32 Å². The number of carbonyl (C=O) groups excluding carboxylic acids is 1. The van der Waals surface area contributed by atoms with Gasteiger partial charge in [-0.05, 0) is 43.9 Å². The van der Waals surface area contributed by atoms with Crippen molar-refractivity contribution in [1.29, 1.82) is 0 Å². The van der Waals surface area contributed by atoms with Crippen LogP contribution in [0.2, 0.25) is 0 Å². The number of hydrogen-bond acceptors (Lipinski definition) is 3. The van der Waals surface area contributed by atoms with Gasteiger partial charge in [0.05, 0.1) is 12.5 Å². The highest BCUT2D eigenvalue weighted by Gasteiger charge is 2.37. The van der Waals surface area contributed by atoms with Crippen LogP contribution in [-0.2, 0) is 9.59 Å². The second-order valence-electron chi connectivity index (χ2n) is 6.89. The number of rotatable bonds is 5. The van der Waals surface area contributed by atoms with Gasteiger partial charge in [-0.15, -0.1) is 0 Å². The van der Waals surface area contributed by atoms with E-state index in [1.807, 2.05) is 0 Å². The van der Waals surface area contributed by atoms with Crippen LogP contribution in [0.1, 0.15) is 70.6 Å². The molecule has 120 valence electrons. The largest absolute Gasteiger partial charge is 0.481 e. The monoisotopic (exact) mass is 297 g/mol. The summed E-state index contributed by atoms with van der Waals surface area (Å²) in [6.07, 6.45) is 8.21. The van der Waals surface area contributed by atoms with E-state index in [-0.39, 0.29) is 29.9 Å². The van der Waals surface area contributed by atoms with Crippen molar-refractivity contribution in [2.45, 2.75) is 82.8 Å². The van der Waals surface area contributed by atoms with Crippen molar-refractivity contribution in [2.75, 3.05) is 0 Å². The van der Waals surface area contributed by atoms with Crippen molar-refractivity contribution in [3.8, 4) is 0 Å². The average Bonchev–Trinajstić information content (AvgIpc) is 2.38. The van der Waals surface area contributed by atoms with Crippen LogP contribution in [0.3, 0.4) is 0 Å². The van der Waals surface area contributed by atoms with E-state index in [1.54, 1.807) is 0 Å². The van der Waals surface area contributed by atoms with Gasteiger partial charge in [0.15, 0.2) is 0 Å². The SMILES string of the molecule is O=C(O)CC1(CC(=O)NC2CCCC(O)C2)CCCCC1. The molecular formula is C16H27NO4. The molecule has 0 aromatic rings. The van der Waals surface area contributed by atoms with Crippen LogP contribution < -0.4 is 5.32 Å². The predicted molar refractivity (Wildman–Crippen MR) is 78.8 cm³/mol. The fraction of sp³-hybridized carbons (Fsp3) is 0.875. The maximum absolute atomic E-state index is 12.3. The Morgan fingerprint density at radius 3 is 2.38 bits per heavy atom. The van der Waals surface area contributed by atoms with Crippen LogP contribution in [0.15, 0.2) is 0 Å². The van der Waals surface area contributed by atoms with Crippen molar-refractivity contribution in [2.24, 2.45) is 5.41 Å². The fourth-order valence-electron chi connectivity index (χ4n) is 3.95. The zero-order chi connectivity index (χ0) is 15.3. The number of aliphatic carboxylic acids is 1. The van der Waals surface area contributed by atoms with Crippen LogP contribution >= 0.6 is 0 Å². The lowest BCUT2D eigenvalue weighted by atomic mass is 9.69. The summed E-state index contributed by atoms with van der Waals surface area (Å²) in [4.78, 5) is 23.4. The number of aliphatic hydroxyl groups excluding tert-OH is 1. The van der Waals surface area contributed by atoms with Gasteiger partial charge in [0.2, 0.25) is 5.91 Å². The number of aliphatic hydroxyl groups is 1. The Bertz CT molecular complexity index is 376. The first-order valence-electron chi connectivity index (χ1n) is 8.18. The quantitative estimate of drug-likeness (QED) is 0.726. The molecule has 0 aromatic carbocycles. The number of carboxylic acid groups (broad SMARTS) is 1. The molecule has 2 unspecified atom stereocenters. The Hall–Kier alpha value is -1.10. The van der Waals surface area contributed by atoms with Gasteiger partial charge in [0.25, 0.3) is 0 Å². The summed E-state index contributed by atoms with van der Waals surface area (Å²) in [6.45, 7) is 0. The molecule has 2 atom stereocenters. The molecule has 0 bridgehead atoms. The van der Waals surface area contributed by atoms with Crippen LogP contribution in [0.5, 0.6) is 0 Å². The highest BCUT2D eigenvalue weighted by atomic mass is 16.4. The van der Waals surface area contributed by atoms with E-state index >= 15 is 0 Å². The number of carboxylic acids is 1. The molecule has 0 heterocycles. The van der Waals surface area contributed by atoms with Crippen molar-refractivity contribution >= 4 is 11.9 Å². The van der Waals surface area contributed by atoms with Gasteiger partial charge in [-0.3, -0.25) is 9.59 Å². The lowest BCUT2D eigenvalue weighted by Crippen LogP contribution is -2.42. The van der Waals surface area contributed by atoms with Crippen molar-refractivity contribution in [3.05, 3.63) is 0 Å². The van der Waals surface area contributed by atoms with Crippen LogP contribution in [0, 0.1) is 5.41 Å². The van der Waals surface area contributed by atoms with E-state index < -0.39 is 5.97 Å². The van der Waals surface area contributed by atoms with Gasteiger partial charge in [0, 0.05) is 12.5 Å². The van der Waals surface area contributed by atoms with E-state index in [0.717, 1.165) is 51.4 Å². The predicted octanol–water partition coefficient (Wildman–Crippen LogP) is 2.22. The maximum Gasteiger partial charge on any atom is 0.303 e. The van der Waals surface area contributed by atoms with Gasteiger partial charge in [-0.1, -0.05) is 19.3 Å². The van der Waals surface area contributed by atoms with Crippen molar-refractivity contribution in [3.63, 3.8) is 0 Å². The van der Waals surface area contributed by atoms with Crippen LogP contribution in [0.25, 0.3) is 0 Å². The van der Waals surface area contributed by atoms with Crippen LogP contribution in [0.4, 0.5) is 0 Å². The summed E-state index contributed by atoms with van der Waals surface area (Å²) < 4.78 is 0. The number of nitrogens with one attached hydrogen (secondary N) is 1. The average molecular weight is 297 g/mol. The Labute approximate surface area is 126 Å². The molecule has 0 aliphatic heterocycles. The topological polar surface area (TPSA) is 86.6 Å². The van der Waals surface area contributed by atoms with Gasteiger partial charge >= 0.3 is 5.97 Å². The second-order valence-corrected chi connectivity index (χ2v) is 6.89. The molecule has 5 nitrogen and oxygen atoms in total. The lowest BCUT2D eigenvalue weighted by Gasteiger charge is -2.36. The minimum Gasteiger partial charge on any atom is -0.481 e. The molecule has 2 saturated carbocycles. The van der Waals surface area contributed by atoms with E-state index in [1.165, 1.54) is 0 Å². The fourth-order valence-corrected chi connectivity index (χ4v) is 3.95. The molecule has 21 heavy (non-hydrogen) atoms. The summed E-state index contributed by atoms with van der Waals surface area (Å²) >= 11 is 0. The summed E-state index contributed by atoms with van der Waals surface area (Å²) in [5.74, 6) is -0.852. The molecule has 0 aromatic heterocycles. The van der Waals surface area contributed by atoms with E-state index in [9.17, 15) is 14.7 Å². The Morgan fingerprint density at radius 1 is 1.05 bits per heavy atom. The maximum atomic E-state index is 12.3. The second kappa shape index (κ2) is 7.25. The summed E-state index contributed by atoms with van der Waals surface area (Å²) in [7, 11) is 0. The lowest BCUT2D eigenvalue weighted by molar-refractivity contribution is -0.141. The smallest absolute Gasteiger partial charge is 0.303 e. The van der Waals surface area contributed by atoms with Crippen molar-refractivity contribution < 1.29 is 19.8 Å². The molecule has 1 amide bonds. The molecule has 0 spiro atoms. The first kappa shape index (κ1) is 16.3. The first-order valence-corrected chi connectivity index (χ1v) is 8.18. The van der Waals surface area contributed by atoms with Crippen LogP contribution in [-0.4, -0.2) is 34.2 Å². The zero-order valence-corrected chi connectivity index (χ0v) is 12.6. The molecular weight excluding hydrogens is 270 g/mol. The Morgan fingerprint density at radius 2 is 1.76 bits per heavy atom. The summed E-state index contributed by atoms with van der Waals surface area (Å²) in [6, 6.07) is 0.0479. The molecule has 5 heteroatoms. The summed E-state index contributed by atoms with van der Waals surface area (Å²) in [5, 5.41) is 21.8. The Balaban J connectivity index is 1.89. The summed E-state index contributed by atoms with van der Waals surface area (Å²) in [5.41, 5.74) is -0.360. The molecule has 0 radical (unpaired) electrons. The highest BCUT2D eigenvalue weighted by molar-refractivity contribution is 5.78. The third kappa shape index (κ3) is 4.99. The molecule has 2 rings (SSSR count). The number of hydrogen-bond donors (Lipinski definition) is 3. The molecule has 2 fully saturated rings. The number of carbonyl (C=O) groups is 2. The third-order valence-electron chi connectivity index (χ3n) is 4.99. The minimum absolute atomic E-state index is 0.0442. The van der Waals surface area contributed by atoms with E-state index in [0.29, 0.717) is 12.8 Å². The highest BCUT2D eigenvalue weighted by Crippen LogP contribution is 2.42. The standard InChI is InChI=1S/C16H27NO4/c18-13-6-4-5-12(9-13)17-14(19)10-16(11-15(20)21)7-2-1-3-8-16/h12-13,18H,1-11H2,(H,17,19)(H,20,21).